The molecule has 0 atom stereocenters. The predicted octanol–water partition coefficient (Wildman–Crippen LogP) is 6.95. The van der Waals surface area contributed by atoms with Crippen LogP contribution in [0.3, 0.4) is 0 Å². The second-order valence-corrected chi connectivity index (χ2v) is 13.6. The van der Waals surface area contributed by atoms with Crippen molar-refractivity contribution in [2.75, 3.05) is 18.0 Å². The quantitative estimate of drug-likeness (QED) is 0.156. The van der Waals surface area contributed by atoms with E-state index in [-0.39, 0.29) is 53.9 Å². The molecule has 50 heavy (non-hydrogen) atoms. The molecule has 0 fully saturated rings. The topological polar surface area (TPSA) is 121 Å². The Morgan fingerprint density at radius 2 is 1.54 bits per heavy atom. The highest BCUT2D eigenvalue weighted by molar-refractivity contribution is 6.24. The molecule has 0 radical (unpaired) electrons. The molecule has 2 aromatic carbocycles. The first kappa shape index (κ1) is 36.4. The Bertz CT molecular complexity index is 1930. The van der Waals surface area contributed by atoms with E-state index in [0.29, 0.717) is 28.2 Å². The molecule has 0 aromatic heterocycles. The second kappa shape index (κ2) is 12.5. The number of fused-ring (bicyclic) bond motifs is 2. The first-order valence-electron chi connectivity index (χ1n) is 15.8. The molecule has 14 heteroatoms. The Hall–Kier alpha value is -4.88. The molecular weight excluding hydrogens is 670 g/mol. The smallest absolute Gasteiger partial charge is 0.389 e. The number of anilines is 1. The number of hydrogen-bond acceptors (Lipinski definition) is 5. The summed E-state index contributed by atoms with van der Waals surface area (Å²) in [5.74, 6) is -3.88. The Kier molecular flexibility index (Phi) is 9.08. The van der Waals surface area contributed by atoms with Gasteiger partial charge in [-0.3, -0.25) is 4.79 Å². The fraction of sp³-hybridized carbons (Fsp3) is 0.389. The minimum absolute atomic E-state index is 0.0509. The number of allylic oxidation sites excluding steroid dienone is 5. The molecule has 0 unspecified atom stereocenters. The molecule has 0 saturated carbocycles. The maximum atomic E-state index is 13.6. The van der Waals surface area contributed by atoms with Crippen LogP contribution in [0, 0.1) is 0 Å². The van der Waals surface area contributed by atoms with Crippen LogP contribution >= 0.6 is 0 Å². The lowest BCUT2D eigenvalue weighted by molar-refractivity contribution is -0.439. The van der Waals surface area contributed by atoms with Crippen molar-refractivity contribution in [3.05, 3.63) is 93.4 Å². The van der Waals surface area contributed by atoms with Crippen LogP contribution in [0.25, 0.3) is 0 Å². The Morgan fingerprint density at radius 1 is 0.900 bits per heavy atom. The van der Waals surface area contributed by atoms with Gasteiger partial charge in [0.15, 0.2) is 11.5 Å². The molecule has 266 valence electrons. The number of alkyl halides is 6. The van der Waals surface area contributed by atoms with Gasteiger partial charge >= 0.3 is 24.3 Å². The molecule has 1 aliphatic carbocycles. The summed E-state index contributed by atoms with van der Waals surface area (Å²) in [6.07, 6.45) is -9.17. The zero-order valence-corrected chi connectivity index (χ0v) is 27.6. The third-order valence-corrected chi connectivity index (χ3v) is 9.48. The van der Waals surface area contributed by atoms with Gasteiger partial charge in [-0.1, -0.05) is 25.7 Å². The molecule has 3 aliphatic rings. The van der Waals surface area contributed by atoms with Gasteiger partial charge < -0.3 is 20.2 Å². The van der Waals surface area contributed by atoms with Crippen molar-refractivity contribution in [2.45, 2.75) is 76.6 Å². The minimum Gasteiger partial charge on any atom is -0.871 e. The highest BCUT2D eigenvalue weighted by Crippen LogP contribution is 2.50. The van der Waals surface area contributed by atoms with Crippen molar-refractivity contribution in [1.29, 1.82) is 0 Å². The zero-order valence-electron chi connectivity index (χ0n) is 27.6. The summed E-state index contributed by atoms with van der Waals surface area (Å²) in [4.78, 5) is 39.0. The highest BCUT2D eigenvalue weighted by Gasteiger charge is 2.49. The summed E-state index contributed by atoms with van der Waals surface area (Å²) in [5.41, 5.74) is -0.697. The Labute approximate surface area is 283 Å². The van der Waals surface area contributed by atoms with Gasteiger partial charge in [0.2, 0.25) is 5.69 Å². The van der Waals surface area contributed by atoms with Crippen molar-refractivity contribution >= 4 is 34.8 Å². The van der Waals surface area contributed by atoms with Crippen LogP contribution in [-0.4, -0.2) is 63.7 Å². The maximum absolute atomic E-state index is 13.6. The summed E-state index contributed by atoms with van der Waals surface area (Å²) in [5, 5.41) is 33.1. The van der Waals surface area contributed by atoms with Crippen LogP contribution in [-0.2, 0) is 15.6 Å². The van der Waals surface area contributed by atoms with E-state index >= 15 is 0 Å². The number of Topliss-reactive ketones (excluding diaryl/α,β-unsaturated/α-hetero) is 1. The maximum Gasteiger partial charge on any atom is 0.389 e. The summed E-state index contributed by atoms with van der Waals surface area (Å²) in [7, 11) is 0. The van der Waals surface area contributed by atoms with E-state index in [1.54, 1.807) is 38.7 Å². The molecule has 0 amide bonds. The van der Waals surface area contributed by atoms with E-state index < -0.39 is 59.5 Å². The molecule has 0 spiro atoms. The van der Waals surface area contributed by atoms with Crippen molar-refractivity contribution in [3.8, 4) is 0 Å². The summed E-state index contributed by atoms with van der Waals surface area (Å²) in [6, 6.07) is 8.60. The van der Waals surface area contributed by atoms with Gasteiger partial charge in [0.1, 0.15) is 6.54 Å². The number of rotatable bonds is 10. The van der Waals surface area contributed by atoms with E-state index in [1.165, 1.54) is 47.1 Å². The number of carboxylic acid groups (broad SMARTS) is 2. The molecule has 0 bridgehead atoms. The Morgan fingerprint density at radius 3 is 2.12 bits per heavy atom. The number of carbonyl (C=O) groups is 3. The molecule has 5 rings (SSSR count). The molecule has 2 aromatic rings. The van der Waals surface area contributed by atoms with E-state index in [4.69, 9.17) is 0 Å². The van der Waals surface area contributed by atoms with Crippen LogP contribution in [0.15, 0.2) is 71.2 Å². The Balaban J connectivity index is 1.59. The van der Waals surface area contributed by atoms with Crippen molar-refractivity contribution < 1.29 is 60.6 Å². The van der Waals surface area contributed by atoms with Crippen LogP contribution in [0.5, 0.6) is 0 Å². The molecule has 2 heterocycles. The van der Waals surface area contributed by atoms with Crippen molar-refractivity contribution in [2.24, 2.45) is 0 Å². The van der Waals surface area contributed by atoms with Crippen LogP contribution in [0.2, 0.25) is 0 Å². The molecule has 8 nitrogen and oxygen atoms in total. The number of aromatic carboxylic acids is 2. The SMILES string of the molecule is CC1(C)C(/C=C2\C(=O)C(/C=C3\N(CCCC(F)(F)F)c4ccc(C(=O)O)cc4C3(C)C)=C2[O-])=[N+](CCCC(F)(F)F)c2cccc(C(=O)O)c21. The van der Waals surface area contributed by atoms with Crippen LogP contribution in [0.4, 0.5) is 37.7 Å². The average Bonchev–Trinajstić information content (AvgIpc) is 3.35. The number of carbonyl (C=O) groups excluding carboxylic acids is 1. The average molecular weight is 705 g/mol. The number of hydrogen-bond donors (Lipinski definition) is 2. The summed E-state index contributed by atoms with van der Waals surface area (Å²) in [6.45, 7) is 6.37. The summed E-state index contributed by atoms with van der Waals surface area (Å²) >= 11 is 0. The molecule has 2 aliphatic heterocycles. The standard InChI is InChI=1S/C36H34F6N2O6/c1-33(2)23-16-19(31(47)48)10-11-24(23)43(14-6-12-35(37,38)39)26(33)17-21-29(45)22(30(21)46)18-27-34(3,4)28-20(32(49)50)8-5-9-25(28)44(27)15-7-13-36(40,41)42/h5,8-11,16-18H,6-7,12-15H2,1-4H3,(H2-,45,46,47,48,49,50). The summed E-state index contributed by atoms with van der Waals surface area (Å²) < 4.78 is 80.0. The molecule has 2 N–H and O–H groups in total. The van der Waals surface area contributed by atoms with Gasteiger partial charge in [0.25, 0.3) is 0 Å². The zero-order chi connectivity index (χ0) is 37.1. The number of benzene rings is 2. The number of halogens is 6. The lowest BCUT2D eigenvalue weighted by atomic mass is 9.76. The fourth-order valence-electron chi connectivity index (χ4n) is 7.05. The number of ketones is 1. The largest absolute Gasteiger partial charge is 0.871 e. The first-order valence-corrected chi connectivity index (χ1v) is 15.8. The fourth-order valence-corrected chi connectivity index (χ4v) is 7.05. The lowest BCUT2D eigenvalue weighted by Gasteiger charge is -2.33. The molecular formula is C36H34F6N2O6. The number of nitrogens with zero attached hydrogens (tertiary/aromatic N) is 2. The van der Waals surface area contributed by atoms with E-state index in [2.05, 4.69) is 0 Å². The van der Waals surface area contributed by atoms with E-state index in [0.717, 1.165) is 0 Å². The normalized spacial score (nSPS) is 19.7. The minimum atomic E-state index is -4.44. The lowest BCUT2D eigenvalue weighted by Crippen LogP contribution is -2.35. The van der Waals surface area contributed by atoms with E-state index in [9.17, 15) is 56.0 Å². The highest BCUT2D eigenvalue weighted by atomic mass is 19.4. The third-order valence-electron chi connectivity index (χ3n) is 9.48. The van der Waals surface area contributed by atoms with E-state index in [1.807, 2.05) is 0 Å². The van der Waals surface area contributed by atoms with Crippen molar-refractivity contribution in [1.82, 2.24) is 0 Å². The van der Waals surface area contributed by atoms with Gasteiger partial charge in [-0.2, -0.15) is 30.9 Å². The van der Waals surface area contributed by atoms with Gasteiger partial charge in [-0.25, -0.2) is 9.59 Å². The van der Waals surface area contributed by atoms with Crippen LogP contribution < -0.4 is 10.0 Å². The molecule has 0 saturated heterocycles. The number of carboxylic acids is 2. The first-order chi connectivity index (χ1) is 23.1. The predicted molar refractivity (Wildman–Crippen MR) is 169 cm³/mol. The second-order valence-electron chi connectivity index (χ2n) is 13.6. The van der Waals surface area contributed by atoms with Gasteiger partial charge in [-0.05, 0) is 56.2 Å². The van der Waals surface area contributed by atoms with Crippen LogP contribution in [0.1, 0.15) is 85.2 Å². The van der Waals surface area contributed by atoms with Gasteiger partial charge in [0, 0.05) is 65.9 Å². The third kappa shape index (κ3) is 6.54. The van der Waals surface area contributed by atoms with Gasteiger partial charge in [-0.15, -0.1) is 0 Å². The monoisotopic (exact) mass is 704 g/mol. The van der Waals surface area contributed by atoms with Gasteiger partial charge in [0.05, 0.1) is 22.1 Å². The van der Waals surface area contributed by atoms with Crippen molar-refractivity contribution in [3.63, 3.8) is 0 Å².